The maximum Gasteiger partial charge on any atom is 0.128 e. The predicted octanol–water partition coefficient (Wildman–Crippen LogP) is 5.01. The van der Waals surface area contributed by atoms with Crippen molar-refractivity contribution in [2.75, 3.05) is 5.32 Å². The van der Waals surface area contributed by atoms with E-state index in [1.807, 2.05) is 6.07 Å². The standard InChI is InChI=1S/C17H20FN/c1-4-17(14-8-5-12(2)6-9-14)19-15-10-7-13(3)16(18)11-15/h5-11,17,19H,4H2,1-3H3. The number of halogens is 1. The summed E-state index contributed by atoms with van der Waals surface area (Å²) < 4.78 is 13.5. The minimum Gasteiger partial charge on any atom is -0.378 e. The molecule has 0 spiro atoms. The maximum atomic E-state index is 13.5. The Labute approximate surface area is 114 Å². The number of anilines is 1. The van der Waals surface area contributed by atoms with E-state index in [1.54, 1.807) is 19.1 Å². The van der Waals surface area contributed by atoms with Gasteiger partial charge < -0.3 is 5.32 Å². The lowest BCUT2D eigenvalue weighted by Crippen LogP contribution is -2.09. The van der Waals surface area contributed by atoms with Gasteiger partial charge >= 0.3 is 0 Å². The van der Waals surface area contributed by atoms with Crippen LogP contribution in [0.5, 0.6) is 0 Å². The van der Waals surface area contributed by atoms with Gasteiger partial charge in [0.25, 0.3) is 0 Å². The van der Waals surface area contributed by atoms with E-state index in [4.69, 9.17) is 0 Å². The molecule has 2 aromatic carbocycles. The second-order valence-electron chi connectivity index (χ2n) is 4.98. The Hall–Kier alpha value is -1.83. The van der Waals surface area contributed by atoms with Crippen LogP contribution in [0.2, 0.25) is 0 Å². The molecule has 2 aromatic rings. The molecule has 0 aliphatic carbocycles. The molecule has 2 rings (SSSR count). The monoisotopic (exact) mass is 257 g/mol. The van der Waals surface area contributed by atoms with E-state index in [9.17, 15) is 4.39 Å². The van der Waals surface area contributed by atoms with Gasteiger partial charge in [-0.15, -0.1) is 0 Å². The molecule has 100 valence electrons. The van der Waals surface area contributed by atoms with Gasteiger partial charge in [-0.1, -0.05) is 42.8 Å². The molecule has 0 aliphatic heterocycles. The Kier molecular flexibility index (Phi) is 4.20. The van der Waals surface area contributed by atoms with Crippen molar-refractivity contribution >= 4 is 5.69 Å². The molecule has 2 heteroatoms. The molecule has 0 aromatic heterocycles. The first-order valence-corrected chi connectivity index (χ1v) is 6.69. The van der Waals surface area contributed by atoms with Gasteiger partial charge in [0.05, 0.1) is 6.04 Å². The smallest absolute Gasteiger partial charge is 0.128 e. The number of nitrogens with one attached hydrogen (secondary N) is 1. The molecule has 0 fully saturated rings. The summed E-state index contributed by atoms with van der Waals surface area (Å²) in [6.45, 7) is 5.98. The second kappa shape index (κ2) is 5.87. The Morgan fingerprint density at radius 1 is 1.05 bits per heavy atom. The number of hydrogen-bond donors (Lipinski definition) is 1. The molecule has 0 heterocycles. The largest absolute Gasteiger partial charge is 0.378 e. The van der Waals surface area contributed by atoms with Crippen LogP contribution in [-0.2, 0) is 0 Å². The molecule has 1 N–H and O–H groups in total. The van der Waals surface area contributed by atoms with Gasteiger partial charge in [-0.05, 0) is 43.5 Å². The van der Waals surface area contributed by atoms with Crippen molar-refractivity contribution in [2.45, 2.75) is 33.2 Å². The van der Waals surface area contributed by atoms with Crippen molar-refractivity contribution in [3.05, 3.63) is 65.0 Å². The second-order valence-corrected chi connectivity index (χ2v) is 4.98. The molecule has 1 atom stereocenters. The van der Waals surface area contributed by atoms with Gasteiger partial charge in [0, 0.05) is 5.69 Å². The van der Waals surface area contributed by atoms with Crippen LogP contribution < -0.4 is 5.32 Å². The van der Waals surface area contributed by atoms with Gasteiger partial charge in [-0.2, -0.15) is 0 Å². The van der Waals surface area contributed by atoms with Crippen molar-refractivity contribution in [1.82, 2.24) is 0 Å². The molecular formula is C17H20FN. The van der Waals surface area contributed by atoms with Crippen molar-refractivity contribution in [2.24, 2.45) is 0 Å². The zero-order valence-corrected chi connectivity index (χ0v) is 11.7. The molecule has 0 amide bonds. The summed E-state index contributed by atoms with van der Waals surface area (Å²) in [5.41, 5.74) is 3.98. The van der Waals surface area contributed by atoms with Crippen molar-refractivity contribution < 1.29 is 4.39 Å². The Balaban J connectivity index is 2.18. The van der Waals surface area contributed by atoms with Crippen LogP contribution in [-0.4, -0.2) is 0 Å². The van der Waals surface area contributed by atoms with Crippen LogP contribution >= 0.6 is 0 Å². The zero-order chi connectivity index (χ0) is 13.8. The highest BCUT2D eigenvalue weighted by molar-refractivity contribution is 5.47. The first kappa shape index (κ1) is 13.6. The highest BCUT2D eigenvalue weighted by Gasteiger charge is 2.09. The number of rotatable bonds is 4. The fourth-order valence-electron chi connectivity index (χ4n) is 2.10. The number of benzene rings is 2. The predicted molar refractivity (Wildman–Crippen MR) is 79.0 cm³/mol. The van der Waals surface area contributed by atoms with E-state index >= 15 is 0 Å². The fraction of sp³-hybridized carbons (Fsp3) is 0.294. The van der Waals surface area contributed by atoms with Gasteiger partial charge in [0.1, 0.15) is 5.82 Å². The molecular weight excluding hydrogens is 237 g/mol. The molecule has 0 bridgehead atoms. The fourth-order valence-corrected chi connectivity index (χ4v) is 2.10. The van der Waals surface area contributed by atoms with E-state index in [2.05, 4.69) is 43.4 Å². The Morgan fingerprint density at radius 2 is 1.74 bits per heavy atom. The van der Waals surface area contributed by atoms with E-state index in [0.717, 1.165) is 12.1 Å². The lowest BCUT2D eigenvalue weighted by molar-refractivity contribution is 0.618. The molecule has 1 nitrogen and oxygen atoms in total. The average molecular weight is 257 g/mol. The van der Waals surface area contributed by atoms with Gasteiger partial charge in [0.2, 0.25) is 0 Å². The van der Waals surface area contributed by atoms with Crippen LogP contribution in [0.15, 0.2) is 42.5 Å². The van der Waals surface area contributed by atoms with Crippen molar-refractivity contribution in [1.29, 1.82) is 0 Å². The van der Waals surface area contributed by atoms with Crippen LogP contribution in [0, 0.1) is 19.7 Å². The minimum absolute atomic E-state index is 0.163. The van der Waals surface area contributed by atoms with Crippen LogP contribution in [0.3, 0.4) is 0 Å². The quantitative estimate of drug-likeness (QED) is 0.812. The third-order valence-electron chi connectivity index (χ3n) is 3.40. The van der Waals surface area contributed by atoms with Crippen LogP contribution in [0.1, 0.15) is 36.1 Å². The SMILES string of the molecule is CCC(Nc1ccc(C)c(F)c1)c1ccc(C)cc1. The highest BCUT2D eigenvalue weighted by Crippen LogP contribution is 2.24. The molecule has 0 aliphatic rings. The molecule has 0 radical (unpaired) electrons. The van der Waals surface area contributed by atoms with Gasteiger partial charge in [-0.25, -0.2) is 4.39 Å². The lowest BCUT2D eigenvalue weighted by atomic mass is 10.0. The Bertz CT molecular complexity index is 546. The van der Waals surface area contributed by atoms with Crippen molar-refractivity contribution in [3.8, 4) is 0 Å². The van der Waals surface area contributed by atoms with Gasteiger partial charge in [0.15, 0.2) is 0 Å². The van der Waals surface area contributed by atoms with Crippen LogP contribution in [0.25, 0.3) is 0 Å². The first-order valence-electron chi connectivity index (χ1n) is 6.69. The molecule has 0 saturated heterocycles. The minimum atomic E-state index is -0.163. The topological polar surface area (TPSA) is 12.0 Å². The molecule has 19 heavy (non-hydrogen) atoms. The maximum absolute atomic E-state index is 13.5. The summed E-state index contributed by atoms with van der Waals surface area (Å²) in [4.78, 5) is 0. The number of hydrogen-bond acceptors (Lipinski definition) is 1. The van der Waals surface area contributed by atoms with Crippen LogP contribution in [0.4, 0.5) is 10.1 Å². The summed E-state index contributed by atoms with van der Waals surface area (Å²) in [6.07, 6.45) is 0.957. The number of aryl methyl sites for hydroxylation is 2. The first-order chi connectivity index (χ1) is 9.10. The van der Waals surface area contributed by atoms with E-state index in [1.165, 1.54) is 11.1 Å². The lowest BCUT2D eigenvalue weighted by Gasteiger charge is -2.19. The average Bonchev–Trinajstić information content (AvgIpc) is 2.41. The van der Waals surface area contributed by atoms with Crippen molar-refractivity contribution in [3.63, 3.8) is 0 Å². The van der Waals surface area contributed by atoms with E-state index in [0.29, 0.717) is 5.56 Å². The normalized spacial score (nSPS) is 12.2. The summed E-state index contributed by atoms with van der Waals surface area (Å²) in [5.74, 6) is -0.163. The third-order valence-corrected chi connectivity index (χ3v) is 3.40. The van der Waals surface area contributed by atoms with E-state index in [-0.39, 0.29) is 11.9 Å². The summed E-state index contributed by atoms with van der Waals surface area (Å²) in [5, 5.41) is 3.39. The summed E-state index contributed by atoms with van der Waals surface area (Å²) in [7, 11) is 0. The molecule has 1 unspecified atom stereocenters. The third kappa shape index (κ3) is 3.34. The van der Waals surface area contributed by atoms with Gasteiger partial charge in [-0.3, -0.25) is 0 Å². The summed E-state index contributed by atoms with van der Waals surface area (Å²) in [6, 6.07) is 14.0. The summed E-state index contributed by atoms with van der Waals surface area (Å²) >= 11 is 0. The highest BCUT2D eigenvalue weighted by atomic mass is 19.1. The molecule has 0 saturated carbocycles. The Morgan fingerprint density at radius 3 is 2.32 bits per heavy atom. The van der Waals surface area contributed by atoms with E-state index < -0.39 is 0 Å². The zero-order valence-electron chi connectivity index (χ0n) is 11.7.